The zero-order valence-corrected chi connectivity index (χ0v) is 16.5. The first-order valence-corrected chi connectivity index (χ1v) is 9.82. The number of aromatic nitrogens is 1. The molecule has 1 atom stereocenters. The van der Waals surface area contributed by atoms with Crippen molar-refractivity contribution in [2.24, 2.45) is 0 Å². The Balaban J connectivity index is 1.51. The Labute approximate surface area is 167 Å². The number of amides is 1. The van der Waals surface area contributed by atoms with Crippen LogP contribution in [0.3, 0.4) is 0 Å². The van der Waals surface area contributed by atoms with E-state index in [0.717, 1.165) is 27.3 Å². The molecule has 4 rings (SSSR count). The van der Waals surface area contributed by atoms with Gasteiger partial charge in [-0.05, 0) is 54.4 Å². The van der Waals surface area contributed by atoms with Crippen LogP contribution in [0.2, 0.25) is 0 Å². The molecule has 1 N–H and O–H groups in total. The van der Waals surface area contributed by atoms with Crippen LogP contribution in [0.4, 0.5) is 5.69 Å². The normalized spacial score (nSPS) is 12.1. The number of fused-ring (bicyclic) bond motifs is 1. The molecule has 0 aliphatic heterocycles. The Morgan fingerprint density at radius 3 is 2.50 bits per heavy atom. The van der Waals surface area contributed by atoms with Gasteiger partial charge in [0.05, 0.1) is 10.2 Å². The molecule has 28 heavy (non-hydrogen) atoms. The van der Waals surface area contributed by atoms with Crippen LogP contribution in [-0.4, -0.2) is 18.0 Å². The lowest BCUT2D eigenvalue weighted by atomic mass is 10.1. The number of carbonyl (C=O) groups is 1. The summed E-state index contributed by atoms with van der Waals surface area (Å²) in [4.78, 5) is 17.3. The molecule has 0 saturated carbocycles. The molecule has 1 heterocycles. The van der Waals surface area contributed by atoms with Crippen molar-refractivity contribution < 1.29 is 9.53 Å². The molecule has 0 spiro atoms. The van der Waals surface area contributed by atoms with Gasteiger partial charge < -0.3 is 10.1 Å². The molecule has 0 bridgehead atoms. The number of methoxy groups -OCH3 is 1. The number of nitrogens with one attached hydrogen (secondary N) is 1. The van der Waals surface area contributed by atoms with Crippen molar-refractivity contribution in [3.8, 4) is 10.6 Å². The minimum Gasteiger partial charge on any atom is -0.367 e. The third kappa shape index (κ3) is 3.81. The number of ether oxygens (including phenoxy) is 1. The molecule has 1 aromatic heterocycles. The number of thiazole rings is 1. The number of carbonyl (C=O) groups excluding carboxylic acids is 1. The maximum Gasteiger partial charge on any atom is 0.258 e. The minimum atomic E-state index is -0.645. The average molecular weight is 388 g/mol. The third-order valence-corrected chi connectivity index (χ3v) is 5.59. The molecule has 1 unspecified atom stereocenters. The third-order valence-electron chi connectivity index (χ3n) is 4.52. The smallest absolute Gasteiger partial charge is 0.258 e. The van der Waals surface area contributed by atoms with Crippen molar-refractivity contribution in [2.75, 3.05) is 12.4 Å². The van der Waals surface area contributed by atoms with Crippen LogP contribution in [0.1, 0.15) is 17.2 Å². The van der Waals surface area contributed by atoms with Gasteiger partial charge in [-0.25, -0.2) is 4.98 Å². The van der Waals surface area contributed by atoms with Crippen LogP contribution < -0.4 is 5.32 Å². The highest BCUT2D eigenvalue weighted by atomic mass is 32.1. The van der Waals surface area contributed by atoms with E-state index in [9.17, 15) is 4.79 Å². The lowest BCUT2D eigenvalue weighted by Crippen LogP contribution is -2.22. The molecular weight excluding hydrogens is 368 g/mol. The van der Waals surface area contributed by atoms with E-state index in [-0.39, 0.29) is 5.91 Å². The zero-order valence-electron chi connectivity index (χ0n) is 15.7. The van der Waals surface area contributed by atoms with E-state index in [2.05, 4.69) is 24.4 Å². The molecular formula is C23H20N2O2S. The Bertz CT molecular complexity index is 1100. The fourth-order valence-corrected chi connectivity index (χ4v) is 4.15. The molecule has 4 aromatic rings. The highest BCUT2D eigenvalue weighted by molar-refractivity contribution is 7.21. The standard InChI is InChI=1S/C23H20N2O2S/c1-15-8-13-19-20(14-15)28-23(25-19)17-9-11-18(12-10-17)24-22(26)21(27-2)16-6-4-3-5-7-16/h3-14,21H,1-2H3,(H,24,26). The van der Waals surface area contributed by atoms with Crippen molar-refractivity contribution in [1.82, 2.24) is 4.98 Å². The van der Waals surface area contributed by atoms with Gasteiger partial charge in [0.25, 0.3) is 5.91 Å². The van der Waals surface area contributed by atoms with Gasteiger partial charge in [-0.1, -0.05) is 36.4 Å². The van der Waals surface area contributed by atoms with Crippen LogP contribution >= 0.6 is 11.3 Å². The summed E-state index contributed by atoms with van der Waals surface area (Å²) in [6, 6.07) is 23.5. The number of aryl methyl sites for hydroxylation is 1. The fourth-order valence-electron chi connectivity index (χ4n) is 3.08. The SMILES string of the molecule is COC(C(=O)Nc1ccc(-c2nc3ccc(C)cc3s2)cc1)c1ccccc1. The molecule has 1 amide bonds. The predicted octanol–water partition coefficient (Wildman–Crippen LogP) is 5.60. The van der Waals surface area contributed by atoms with E-state index in [4.69, 9.17) is 9.72 Å². The van der Waals surface area contributed by atoms with Crippen LogP contribution in [0.25, 0.3) is 20.8 Å². The summed E-state index contributed by atoms with van der Waals surface area (Å²) in [5.41, 5.74) is 4.82. The Morgan fingerprint density at radius 2 is 1.79 bits per heavy atom. The highest BCUT2D eigenvalue weighted by Gasteiger charge is 2.19. The maximum atomic E-state index is 12.6. The second kappa shape index (κ2) is 7.92. The number of hydrogen-bond acceptors (Lipinski definition) is 4. The van der Waals surface area contributed by atoms with E-state index in [1.54, 1.807) is 11.3 Å². The van der Waals surface area contributed by atoms with E-state index < -0.39 is 6.10 Å². The molecule has 0 saturated heterocycles. The van der Waals surface area contributed by atoms with Gasteiger partial charge in [0, 0.05) is 18.4 Å². The Kier molecular flexibility index (Phi) is 5.19. The monoisotopic (exact) mass is 388 g/mol. The van der Waals surface area contributed by atoms with Gasteiger partial charge >= 0.3 is 0 Å². The molecule has 5 heteroatoms. The first-order valence-electron chi connectivity index (χ1n) is 9.00. The molecule has 140 valence electrons. The van der Waals surface area contributed by atoms with E-state index in [1.165, 1.54) is 17.4 Å². The summed E-state index contributed by atoms with van der Waals surface area (Å²) < 4.78 is 6.57. The van der Waals surface area contributed by atoms with Crippen LogP contribution in [-0.2, 0) is 9.53 Å². The number of anilines is 1. The Hall–Kier alpha value is -3.02. The number of rotatable bonds is 5. The topological polar surface area (TPSA) is 51.2 Å². The summed E-state index contributed by atoms with van der Waals surface area (Å²) >= 11 is 1.67. The van der Waals surface area contributed by atoms with Gasteiger partial charge in [0.2, 0.25) is 0 Å². The number of benzene rings is 3. The van der Waals surface area contributed by atoms with Gasteiger partial charge in [-0.2, -0.15) is 0 Å². The highest BCUT2D eigenvalue weighted by Crippen LogP contribution is 2.31. The summed E-state index contributed by atoms with van der Waals surface area (Å²) in [7, 11) is 1.54. The summed E-state index contributed by atoms with van der Waals surface area (Å²) in [5.74, 6) is -0.197. The number of nitrogens with zero attached hydrogens (tertiary/aromatic N) is 1. The average Bonchev–Trinajstić information content (AvgIpc) is 3.13. The summed E-state index contributed by atoms with van der Waals surface area (Å²) in [6.45, 7) is 2.08. The van der Waals surface area contributed by atoms with Gasteiger partial charge in [-0.3, -0.25) is 4.79 Å². The quantitative estimate of drug-likeness (QED) is 0.484. The van der Waals surface area contributed by atoms with E-state index >= 15 is 0 Å². The largest absolute Gasteiger partial charge is 0.367 e. The van der Waals surface area contributed by atoms with E-state index in [1.807, 2.05) is 60.7 Å². The van der Waals surface area contributed by atoms with Crippen molar-refractivity contribution >= 4 is 33.1 Å². The van der Waals surface area contributed by atoms with Crippen molar-refractivity contribution in [2.45, 2.75) is 13.0 Å². The van der Waals surface area contributed by atoms with Gasteiger partial charge in [0.1, 0.15) is 5.01 Å². The van der Waals surface area contributed by atoms with Gasteiger partial charge in [0.15, 0.2) is 6.10 Å². The Morgan fingerprint density at radius 1 is 1.04 bits per heavy atom. The molecule has 0 fully saturated rings. The van der Waals surface area contributed by atoms with Gasteiger partial charge in [-0.15, -0.1) is 11.3 Å². The minimum absolute atomic E-state index is 0.197. The van der Waals surface area contributed by atoms with Crippen LogP contribution in [0, 0.1) is 6.92 Å². The lowest BCUT2D eigenvalue weighted by Gasteiger charge is -2.15. The summed E-state index contributed by atoms with van der Waals surface area (Å²) in [6.07, 6.45) is -0.645. The molecule has 4 nitrogen and oxygen atoms in total. The molecule has 3 aromatic carbocycles. The first-order chi connectivity index (χ1) is 13.6. The second-order valence-electron chi connectivity index (χ2n) is 6.58. The lowest BCUT2D eigenvalue weighted by molar-refractivity contribution is -0.126. The van der Waals surface area contributed by atoms with E-state index in [0.29, 0.717) is 0 Å². The summed E-state index contributed by atoms with van der Waals surface area (Å²) in [5, 5.41) is 3.89. The van der Waals surface area contributed by atoms with Crippen molar-refractivity contribution in [3.63, 3.8) is 0 Å². The van der Waals surface area contributed by atoms with Crippen molar-refractivity contribution in [1.29, 1.82) is 0 Å². The second-order valence-corrected chi connectivity index (χ2v) is 7.61. The molecule has 0 aliphatic rings. The molecule has 0 radical (unpaired) electrons. The predicted molar refractivity (Wildman–Crippen MR) is 115 cm³/mol. The van der Waals surface area contributed by atoms with Crippen LogP contribution in [0.5, 0.6) is 0 Å². The maximum absolute atomic E-state index is 12.6. The molecule has 0 aliphatic carbocycles. The van der Waals surface area contributed by atoms with Crippen molar-refractivity contribution in [3.05, 3.63) is 83.9 Å². The first kappa shape index (κ1) is 18.3. The number of hydrogen-bond donors (Lipinski definition) is 1. The zero-order chi connectivity index (χ0) is 19.5. The fraction of sp³-hybridized carbons (Fsp3) is 0.130. The van der Waals surface area contributed by atoms with Crippen LogP contribution in [0.15, 0.2) is 72.8 Å².